The van der Waals surface area contributed by atoms with E-state index in [2.05, 4.69) is 21.2 Å². The largest absolute Gasteiger partial charge is 0.352 e. The Balaban J connectivity index is 0.00000180. The molecule has 2 atom stereocenters. The summed E-state index contributed by atoms with van der Waals surface area (Å²) >= 11 is 3.48. The number of hydrogen-bond donors (Lipinski definition) is 2. The van der Waals surface area contributed by atoms with Crippen molar-refractivity contribution in [2.24, 2.45) is 17.6 Å². The molecule has 1 fully saturated rings. The molecule has 1 aliphatic carbocycles. The van der Waals surface area contributed by atoms with Crippen molar-refractivity contribution >= 4 is 34.2 Å². The highest BCUT2D eigenvalue weighted by Gasteiger charge is 2.31. The van der Waals surface area contributed by atoms with E-state index in [4.69, 9.17) is 5.73 Å². The monoisotopic (exact) mass is 346 g/mol. The van der Waals surface area contributed by atoms with Crippen LogP contribution in [0.4, 0.5) is 0 Å². The van der Waals surface area contributed by atoms with Gasteiger partial charge in [0.25, 0.3) is 0 Å². The third-order valence-corrected chi connectivity index (χ3v) is 4.48. The lowest BCUT2D eigenvalue weighted by Crippen LogP contribution is -2.34. The lowest BCUT2D eigenvalue weighted by Gasteiger charge is -2.17. The Hall–Kier alpha value is -0.580. The molecule has 0 heterocycles. The van der Waals surface area contributed by atoms with Gasteiger partial charge in [-0.05, 0) is 36.9 Å². The molecule has 1 amide bonds. The molecule has 0 aromatic heterocycles. The van der Waals surface area contributed by atoms with E-state index in [1.165, 1.54) is 0 Å². The molecule has 5 heteroatoms. The van der Waals surface area contributed by atoms with E-state index in [9.17, 15) is 4.79 Å². The molecule has 0 spiro atoms. The van der Waals surface area contributed by atoms with Crippen molar-refractivity contribution in [2.45, 2.75) is 25.8 Å². The SMILES string of the molecule is Cl.NC[C@H]1CCC[C@H]1C(=O)NCc1ccccc1Br. The first-order valence-corrected chi connectivity index (χ1v) is 7.23. The predicted molar refractivity (Wildman–Crippen MR) is 83.1 cm³/mol. The van der Waals surface area contributed by atoms with Crippen LogP contribution in [0, 0.1) is 11.8 Å². The molecule has 1 aromatic rings. The second-order valence-corrected chi connectivity index (χ2v) is 5.70. The van der Waals surface area contributed by atoms with E-state index in [-0.39, 0.29) is 24.2 Å². The van der Waals surface area contributed by atoms with Crippen molar-refractivity contribution in [3.63, 3.8) is 0 Å². The van der Waals surface area contributed by atoms with Crippen molar-refractivity contribution in [3.05, 3.63) is 34.3 Å². The smallest absolute Gasteiger partial charge is 0.223 e. The van der Waals surface area contributed by atoms with Crippen LogP contribution in [0.2, 0.25) is 0 Å². The molecule has 0 bridgehead atoms. The lowest BCUT2D eigenvalue weighted by molar-refractivity contribution is -0.126. The van der Waals surface area contributed by atoms with E-state index in [1.54, 1.807) is 0 Å². The second-order valence-electron chi connectivity index (χ2n) is 4.84. The normalized spacial score (nSPS) is 21.8. The van der Waals surface area contributed by atoms with Crippen LogP contribution in [0.15, 0.2) is 28.7 Å². The zero-order valence-electron chi connectivity index (χ0n) is 10.8. The Morgan fingerprint density at radius 3 is 2.79 bits per heavy atom. The number of nitrogens with one attached hydrogen (secondary N) is 1. The summed E-state index contributed by atoms with van der Waals surface area (Å²) in [5.74, 6) is 0.625. The quantitative estimate of drug-likeness (QED) is 0.880. The van der Waals surface area contributed by atoms with Crippen LogP contribution in [0.25, 0.3) is 0 Å². The number of carbonyl (C=O) groups is 1. The molecule has 3 nitrogen and oxygen atoms in total. The summed E-state index contributed by atoms with van der Waals surface area (Å²) in [5.41, 5.74) is 6.81. The van der Waals surface area contributed by atoms with Crippen LogP contribution in [-0.4, -0.2) is 12.5 Å². The van der Waals surface area contributed by atoms with Gasteiger partial charge in [0.1, 0.15) is 0 Å². The van der Waals surface area contributed by atoms with Gasteiger partial charge < -0.3 is 11.1 Å². The first-order valence-electron chi connectivity index (χ1n) is 6.43. The van der Waals surface area contributed by atoms with Crippen LogP contribution in [-0.2, 0) is 11.3 Å². The number of rotatable bonds is 4. The number of hydrogen-bond acceptors (Lipinski definition) is 2. The molecule has 0 aliphatic heterocycles. The maximum Gasteiger partial charge on any atom is 0.223 e. The summed E-state index contributed by atoms with van der Waals surface area (Å²) in [5, 5.41) is 3.02. The van der Waals surface area contributed by atoms with Gasteiger partial charge in [-0.3, -0.25) is 4.79 Å². The van der Waals surface area contributed by atoms with Crippen LogP contribution < -0.4 is 11.1 Å². The van der Waals surface area contributed by atoms with E-state index < -0.39 is 0 Å². The second kappa shape index (κ2) is 7.88. The molecule has 1 saturated carbocycles. The van der Waals surface area contributed by atoms with Crippen molar-refractivity contribution in [1.29, 1.82) is 0 Å². The Labute approximate surface area is 128 Å². The van der Waals surface area contributed by atoms with Gasteiger partial charge in [0.15, 0.2) is 0 Å². The van der Waals surface area contributed by atoms with Gasteiger partial charge in [-0.2, -0.15) is 0 Å². The third kappa shape index (κ3) is 4.20. The predicted octanol–water partition coefficient (Wildman–Crippen LogP) is 2.86. The number of nitrogens with two attached hydrogens (primary N) is 1. The maximum atomic E-state index is 12.1. The van der Waals surface area contributed by atoms with Crippen molar-refractivity contribution < 1.29 is 4.79 Å². The minimum absolute atomic E-state index is 0. The Morgan fingerprint density at radius 1 is 1.37 bits per heavy atom. The molecular weight excluding hydrogens is 328 g/mol. The fourth-order valence-electron chi connectivity index (χ4n) is 2.62. The number of halogens is 2. The highest BCUT2D eigenvalue weighted by atomic mass is 79.9. The maximum absolute atomic E-state index is 12.1. The van der Waals surface area contributed by atoms with Crippen LogP contribution in [0.1, 0.15) is 24.8 Å². The standard InChI is InChI=1S/C14H19BrN2O.ClH/c15-13-7-2-1-4-11(13)9-17-14(18)12-6-3-5-10(12)8-16;/h1-2,4,7,10,12H,3,5-6,8-9,16H2,(H,17,18);1H/t10-,12-;/m1./s1. The van der Waals surface area contributed by atoms with E-state index in [0.717, 1.165) is 29.3 Å². The third-order valence-electron chi connectivity index (χ3n) is 3.71. The Morgan fingerprint density at radius 2 is 2.11 bits per heavy atom. The number of benzene rings is 1. The van der Waals surface area contributed by atoms with Crippen molar-refractivity contribution in [3.8, 4) is 0 Å². The Bertz CT molecular complexity index is 428. The highest BCUT2D eigenvalue weighted by molar-refractivity contribution is 9.10. The summed E-state index contributed by atoms with van der Waals surface area (Å²) in [6.07, 6.45) is 3.18. The highest BCUT2D eigenvalue weighted by Crippen LogP contribution is 2.31. The first-order chi connectivity index (χ1) is 8.72. The van der Waals surface area contributed by atoms with Crippen LogP contribution >= 0.6 is 28.3 Å². The van der Waals surface area contributed by atoms with Gasteiger partial charge in [0.2, 0.25) is 5.91 Å². The van der Waals surface area contributed by atoms with Gasteiger partial charge in [-0.1, -0.05) is 40.5 Å². The first kappa shape index (κ1) is 16.5. The van der Waals surface area contributed by atoms with E-state index in [0.29, 0.717) is 19.0 Å². The van der Waals surface area contributed by atoms with Crippen molar-refractivity contribution in [2.75, 3.05) is 6.54 Å². The summed E-state index contributed by atoms with van der Waals surface area (Å²) < 4.78 is 1.03. The fourth-order valence-corrected chi connectivity index (χ4v) is 3.04. The summed E-state index contributed by atoms with van der Waals surface area (Å²) in [6, 6.07) is 7.94. The summed E-state index contributed by atoms with van der Waals surface area (Å²) in [4.78, 5) is 12.1. The molecule has 0 unspecified atom stereocenters. The lowest BCUT2D eigenvalue weighted by atomic mass is 9.95. The molecule has 1 aromatic carbocycles. The van der Waals surface area contributed by atoms with Gasteiger partial charge >= 0.3 is 0 Å². The van der Waals surface area contributed by atoms with Gasteiger partial charge in [0.05, 0.1) is 0 Å². The average molecular weight is 348 g/mol. The molecule has 0 radical (unpaired) electrons. The molecule has 0 saturated heterocycles. The Kier molecular flexibility index (Phi) is 6.83. The molecular formula is C14H20BrClN2O. The summed E-state index contributed by atoms with van der Waals surface area (Å²) in [6.45, 7) is 1.20. The van der Waals surface area contributed by atoms with Gasteiger partial charge in [0, 0.05) is 16.9 Å². The van der Waals surface area contributed by atoms with Gasteiger partial charge in [-0.15, -0.1) is 12.4 Å². The average Bonchev–Trinajstić information content (AvgIpc) is 2.86. The van der Waals surface area contributed by atoms with Gasteiger partial charge in [-0.25, -0.2) is 0 Å². The molecule has 106 valence electrons. The van der Waals surface area contributed by atoms with Crippen LogP contribution in [0.3, 0.4) is 0 Å². The zero-order chi connectivity index (χ0) is 13.0. The fraction of sp³-hybridized carbons (Fsp3) is 0.500. The molecule has 1 aliphatic rings. The number of amides is 1. The van der Waals surface area contributed by atoms with Crippen molar-refractivity contribution in [1.82, 2.24) is 5.32 Å². The molecule has 19 heavy (non-hydrogen) atoms. The molecule has 3 N–H and O–H groups in total. The van der Waals surface area contributed by atoms with E-state index in [1.807, 2.05) is 24.3 Å². The summed E-state index contributed by atoms with van der Waals surface area (Å²) in [7, 11) is 0. The topological polar surface area (TPSA) is 55.1 Å². The number of carbonyl (C=O) groups excluding carboxylic acids is 1. The van der Waals surface area contributed by atoms with Crippen LogP contribution in [0.5, 0.6) is 0 Å². The minimum Gasteiger partial charge on any atom is -0.352 e. The zero-order valence-corrected chi connectivity index (χ0v) is 13.2. The van der Waals surface area contributed by atoms with E-state index >= 15 is 0 Å². The molecule has 2 rings (SSSR count). The minimum atomic E-state index is 0.